The van der Waals surface area contributed by atoms with E-state index >= 15 is 0 Å². The Hall–Kier alpha value is -2.83. The molecule has 0 spiro atoms. The molecular formula is C30H32Cl3FN6O2S. The van der Waals surface area contributed by atoms with Gasteiger partial charge in [0, 0.05) is 49.9 Å². The summed E-state index contributed by atoms with van der Waals surface area (Å²) in [5, 5.41) is 17.7. The summed E-state index contributed by atoms with van der Waals surface area (Å²) in [4.78, 5) is 20.1. The molecule has 0 unspecified atom stereocenters. The molecule has 6 rings (SSSR count). The molecule has 0 atom stereocenters. The Labute approximate surface area is 269 Å². The number of aromatic nitrogens is 4. The molecule has 0 amide bonds. The molecule has 5 aromatic rings. The SMILES string of the molecule is Cl.Cl.Cn1nc2c(=O)n(CC3(O)CCN(Cc4ccc(-c5ccsc5Cl)cc4F)CC3)cnc2c1-c1ccc(CN)cc1. The summed E-state index contributed by atoms with van der Waals surface area (Å²) in [5.41, 5.74) is 9.96. The number of benzene rings is 2. The van der Waals surface area contributed by atoms with Gasteiger partial charge >= 0.3 is 0 Å². The zero-order chi connectivity index (χ0) is 28.7. The van der Waals surface area contributed by atoms with Gasteiger partial charge in [-0.15, -0.1) is 36.2 Å². The van der Waals surface area contributed by atoms with Crippen molar-refractivity contribution in [2.45, 2.75) is 38.1 Å². The molecule has 1 saturated heterocycles. The van der Waals surface area contributed by atoms with E-state index in [2.05, 4.69) is 15.0 Å². The van der Waals surface area contributed by atoms with Gasteiger partial charge in [-0.1, -0.05) is 48.0 Å². The van der Waals surface area contributed by atoms with Crippen LogP contribution in [0.3, 0.4) is 0 Å². The summed E-state index contributed by atoms with van der Waals surface area (Å²) in [6, 6.07) is 14.9. The Bertz CT molecular complexity index is 1780. The number of hydrogen-bond acceptors (Lipinski definition) is 7. The van der Waals surface area contributed by atoms with Crippen LogP contribution in [0, 0.1) is 5.82 Å². The maximum absolute atomic E-state index is 14.9. The van der Waals surface area contributed by atoms with Crippen LogP contribution >= 0.6 is 47.8 Å². The smallest absolute Gasteiger partial charge is 0.281 e. The second-order valence-corrected chi connectivity index (χ2v) is 12.2. The minimum Gasteiger partial charge on any atom is -0.388 e. The van der Waals surface area contributed by atoms with Gasteiger partial charge in [-0.05, 0) is 41.5 Å². The maximum atomic E-state index is 14.9. The van der Waals surface area contributed by atoms with Crippen molar-refractivity contribution >= 4 is 58.8 Å². The molecular weight excluding hydrogens is 634 g/mol. The molecule has 43 heavy (non-hydrogen) atoms. The number of aryl methyl sites for hydroxylation is 1. The van der Waals surface area contributed by atoms with Crippen LogP contribution < -0.4 is 11.3 Å². The van der Waals surface area contributed by atoms with Gasteiger partial charge in [-0.25, -0.2) is 9.37 Å². The van der Waals surface area contributed by atoms with Crippen LogP contribution in [-0.4, -0.2) is 48.0 Å². The monoisotopic (exact) mass is 664 g/mol. The lowest BCUT2D eigenvalue weighted by Crippen LogP contribution is -2.47. The topological polar surface area (TPSA) is 102 Å². The van der Waals surface area contributed by atoms with E-state index in [0.717, 1.165) is 27.9 Å². The van der Waals surface area contributed by atoms with E-state index in [1.807, 2.05) is 41.8 Å². The molecule has 13 heteroatoms. The number of nitrogens with zero attached hydrogens (tertiary/aromatic N) is 5. The third kappa shape index (κ3) is 6.66. The fourth-order valence-electron chi connectivity index (χ4n) is 5.52. The van der Waals surface area contributed by atoms with Gasteiger partial charge in [0.15, 0.2) is 5.52 Å². The second kappa shape index (κ2) is 13.4. The molecule has 2 aromatic carbocycles. The van der Waals surface area contributed by atoms with Crippen molar-refractivity contribution in [1.82, 2.24) is 24.2 Å². The minimum absolute atomic E-state index is 0. The Morgan fingerprint density at radius 2 is 1.77 bits per heavy atom. The summed E-state index contributed by atoms with van der Waals surface area (Å²) in [6.07, 6.45) is 2.39. The lowest BCUT2D eigenvalue weighted by Gasteiger charge is -2.38. The first-order chi connectivity index (χ1) is 19.7. The Morgan fingerprint density at radius 3 is 2.40 bits per heavy atom. The van der Waals surface area contributed by atoms with Gasteiger partial charge in [-0.2, -0.15) is 5.10 Å². The lowest BCUT2D eigenvalue weighted by molar-refractivity contribution is -0.0366. The highest BCUT2D eigenvalue weighted by molar-refractivity contribution is 7.15. The largest absolute Gasteiger partial charge is 0.388 e. The quantitative estimate of drug-likeness (QED) is 0.233. The highest BCUT2D eigenvalue weighted by Gasteiger charge is 2.33. The van der Waals surface area contributed by atoms with Crippen LogP contribution in [0.25, 0.3) is 33.4 Å². The van der Waals surface area contributed by atoms with Crippen molar-refractivity contribution in [3.63, 3.8) is 0 Å². The van der Waals surface area contributed by atoms with Gasteiger partial charge < -0.3 is 10.8 Å². The third-order valence-corrected chi connectivity index (χ3v) is 9.07. The molecule has 0 aliphatic carbocycles. The summed E-state index contributed by atoms with van der Waals surface area (Å²) in [5.74, 6) is -0.276. The molecule has 8 nitrogen and oxygen atoms in total. The molecule has 1 aliphatic rings. The standard InChI is InChI=1S/C30H30ClFN6O2S.2ClH/c1-36-27(20-4-2-19(15-33)3-5-20)25-26(35-36)29(39)38(18-34-25)17-30(40)9-11-37(12-10-30)16-22-7-6-21(14-24(22)32)23-8-13-41-28(23)31;;/h2-8,13-14,18,40H,9-12,15-17,33H2,1H3;2*1H. The highest BCUT2D eigenvalue weighted by atomic mass is 35.5. The fourth-order valence-corrected chi connectivity index (χ4v) is 6.48. The Morgan fingerprint density at radius 1 is 1.07 bits per heavy atom. The van der Waals surface area contributed by atoms with Crippen molar-refractivity contribution in [3.05, 3.63) is 91.9 Å². The van der Waals surface area contributed by atoms with E-state index in [1.54, 1.807) is 17.8 Å². The predicted octanol–water partition coefficient (Wildman–Crippen LogP) is 5.65. The molecule has 0 saturated carbocycles. The van der Waals surface area contributed by atoms with Gasteiger partial charge in [0.1, 0.15) is 15.7 Å². The molecule has 0 bridgehead atoms. The first kappa shape index (κ1) is 33.1. The van der Waals surface area contributed by atoms with Gasteiger partial charge in [-0.3, -0.25) is 18.9 Å². The maximum Gasteiger partial charge on any atom is 0.281 e. The van der Waals surface area contributed by atoms with Crippen LogP contribution in [0.1, 0.15) is 24.0 Å². The van der Waals surface area contributed by atoms with Crippen molar-refractivity contribution < 1.29 is 9.50 Å². The first-order valence-electron chi connectivity index (χ1n) is 13.4. The molecule has 4 heterocycles. The number of fused-ring (bicyclic) bond motifs is 1. The number of halogens is 4. The predicted molar refractivity (Wildman–Crippen MR) is 175 cm³/mol. The molecule has 1 fully saturated rings. The van der Waals surface area contributed by atoms with Gasteiger partial charge in [0.05, 0.1) is 24.2 Å². The zero-order valence-electron chi connectivity index (χ0n) is 23.4. The van der Waals surface area contributed by atoms with Crippen LogP contribution in [0.5, 0.6) is 0 Å². The average Bonchev–Trinajstić information content (AvgIpc) is 3.55. The number of piperidine rings is 1. The van der Waals surface area contributed by atoms with Crippen molar-refractivity contribution in [2.75, 3.05) is 13.1 Å². The van der Waals surface area contributed by atoms with Gasteiger partial charge in [0.25, 0.3) is 5.56 Å². The number of likely N-dealkylation sites (tertiary alicyclic amines) is 1. The minimum atomic E-state index is -1.08. The second-order valence-electron chi connectivity index (χ2n) is 10.7. The van der Waals surface area contributed by atoms with Crippen LogP contribution in [0.2, 0.25) is 4.34 Å². The van der Waals surface area contributed by atoms with Crippen LogP contribution in [-0.2, 0) is 26.7 Å². The summed E-state index contributed by atoms with van der Waals surface area (Å²) >= 11 is 7.64. The third-order valence-electron chi connectivity index (χ3n) is 7.90. The van der Waals surface area contributed by atoms with Crippen molar-refractivity contribution in [2.24, 2.45) is 12.8 Å². The molecule has 228 valence electrons. The highest BCUT2D eigenvalue weighted by Crippen LogP contribution is 2.34. The van der Waals surface area contributed by atoms with E-state index < -0.39 is 5.60 Å². The van der Waals surface area contributed by atoms with E-state index in [0.29, 0.717) is 54.4 Å². The van der Waals surface area contributed by atoms with Crippen LogP contribution in [0.4, 0.5) is 4.39 Å². The fraction of sp³-hybridized carbons (Fsp3) is 0.300. The first-order valence-corrected chi connectivity index (χ1v) is 14.7. The van der Waals surface area contributed by atoms with Crippen molar-refractivity contribution in [3.8, 4) is 22.4 Å². The number of nitrogens with two attached hydrogens (primary N) is 1. The molecule has 1 aliphatic heterocycles. The molecule has 3 N–H and O–H groups in total. The Balaban J connectivity index is 0.00000212. The number of rotatable bonds is 7. The lowest BCUT2D eigenvalue weighted by atomic mass is 9.91. The average molecular weight is 666 g/mol. The van der Waals surface area contributed by atoms with E-state index in [9.17, 15) is 14.3 Å². The van der Waals surface area contributed by atoms with E-state index in [4.69, 9.17) is 17.3 Å². The molecule has 3 aromatic heterocycles. The van der Waals surface area contributed by atoms with E-state index in [1.165, 1.54) is 28.3 Å². The zero-order valence-corrected chi connectivity index (χ0v) is 26.6. The van der Waals surface area contributed by atoms with Gasteiger partial charge in [0.2, 0.25) is 0 Å². The summed E-state index contributed by atoms with van der Waals surface area (Å²) in [6.45, 7) is 2.15. The summed E-state index contributed by atoms with van der Waals surface area (Å²) in [7, 11) is 1.79. The number of thiophene rings is 1. The summed E-state index contributed by atoms with van der Waals surface area (Å²) < 4.78 is 18.7. The Kier molecular flexibility index (Phi) is 10.3. The number of aliphatic hydroxyl groups is 1. The van der Waals surface area contributed by atoms with Crippen molar-refractivity contribution in [1.29, 1.82) is 0 Å². The normalized spacial score (nSPS) is 14.8. The number of hydrogen-bond donors (Lipinski definition) is 2. The van der Waals surface area contributed by atoms with Crippen LogP contribution in [0.15, 0.2) is 65.0 Å². The van der Waals surface area contributed by atoms with E-state index in [-0.39, 0.29) is 48.3 Å². The molecule has 0 radical (unpaired) electrons.